The van der Waals surface area contributed by atoms with E-state index < -0.39 is 35.7 Å². The van der Waals surface area contributed by atoms with Crippen LogP contribution in [0.4, 0.5) is 0 Å². The fourth-order valence-corrected chi connectivity index (χ4v) is 4.91. The molecule has 0 saturated heterocycles. The van der Waals surface area contributed by atoms with E-state index in [2.05, 4.69) is 19.1 Å². The molecule has 0 bridgehead atoms. The van der Waals surface area contributed by atoms with E-state index in [1.807, 2.05) is 13.8 Å². The Labute approximate surface area is 213 Å². The van der Waals surface area contributed by atoms with Crippen molar-refractivity contribution < 1.29 is 34.2 Å². The molecule has 0 heterocycles. The van der Waals surface area contributed by atoms with Gasteiger partial charge in [0.05, 0.1) is 32.1 Å². The molecule has 0 saturated carbocycles. The summed E-state index contributed by atoms with van der Waals surface area (Å²) in [7, 11) is 0. The number of rotatable bonds is 23. The van der Waals surface area contributed by atoms with Crippen molar-refractivity contribution in [3.63, 3.8) is 0 Å². The number of unbranched alkanes of at least 4 members (excludes halogenated alkanes) is 7. The van der Waals surface area contributed by atoms with E-state index in [0.29, 0.717) is 25.8 Å². The number of carbonyl (C=O) groups excluding carboxylic acids is 1. The summed E-state index contributed by atoms with van der Waals surface area (Å²) in [6.45, 7) is 8.88. The van der Waals surface area contributed by atoms with Crippen LogP contribution < -0.4 is 5.11 Å². The maximum atomic E-state index is 11.9. The van der Waals surface area contributed by atoms with Gasteiger partial charge in [-0.3, -0.25) is 9.59 Å². The zero-order valence-electron chi connectivity index (χ0n) is 22.7. The molecule has 0 rings (SSSR count). The smallest absolute Gasteiger partial charge is 0.312 e. The first-order valence-electron chi connectivity index (χ1n) is 13.8. The van der Waals surface area contributed by atoms with Crippen LogP contribution in [0.1, 0.15) is 105 Å². The van der Waals surface area contributed by atoms with E-state index in [1.165, 1.54) is 19.3 Å². The number of hydrogen-bond donors (Lipinski definition) is 2. The highest BCUT2D eigenvalue weighted by molar-refractivity contribution is 5.70. The molecule has 0 amide bonds. The van der Waals surface area contributed by atoms with E-state index in [4.69, 9.17) is 0 Å². The van der Waals surface area contributed by atoms with Crippen LogP contribution in [0.3, 0.4) is 0 Å². The van der Waals surface area contributed by atoms with Gasteiger partial charge in [-0.2, -0.15) is 0 Å². The van der Waals surface area contributed by atoms with Gasteiger partial charge in [0.15, 0.2) is 0 Å². The van der Waals surface area contributed by atoms with Gasteiger partial charge in [-0.25, -0.2) is 0 Å². The lowest BCUT2D eigenvalue weighted by atomic mass is 9.95. The number of carboxylic acids is 3. The highest BCUT2D eigenvalue weighted by atomic mass is 16.4. The molecule has 0 aromatic heterocycles. The molecule has 0 aromatic carbocycles. The Morgan fingerprint density at radius 1 is 0.686 bits per heavy atom. The molecule has 204 valence electrons. The third-order valence-corrected chi connectivity index (χ3v) is 7.24. The highest BCUT2D eigenvalue weighted by Gasteiger charge is 2.39. The van der Waals surface area contributed by atoms with Crippen LogP contribution >= 0.6 is 0 Å². The van der Waals surface area contributed by atoms with Gasteiger partial charge in [-0.05, 0) is 51.4 Å². The molecule has 7 heteroatoms. The van der Waals surface area contributed by atoms with Gasteiger partial charge in [0.2, 0.25) is 0 Å². The highest BCUT2D eigenvalue weighted by Crippen LogP contribution is 2.25. The lowest BCUT2D eigenvalue weighted by Gasteiger charge is -2.44. The SMILES string of the molecule is CC/C=C/CCCCCCCCC[N+](CC(CC)C(=O)[O-])(CC(CC)C(=O)O)CC(CC)C(=O)O. The molecule has 3 atom stereocenters. The number of allylic oxidation sites excluding steroid dienone is 2. The van der Waals surface area contributed by atoms with Crippen molar-refractivity contribution in [2.24, 2.45) is 17.8 Å². The number of quaternary nitrogens is 1. The van der Waals surface area contributed by atoms with E-state index in [0.717, 1.165) is 38.5 Å². The summed E-state index contributed by atoms with van der Waals surface area (Å²) >= 11 is 0. The Morgan fingerprint density at radius 2 is 1.11 bits per heavy atom. The molecule has 2 N–H and O–H groups in total. The summed E-state index contributed by atoms with van der Waals surface area (Å²) < 4.78 is 0.214. The molecule has 7 nitrogen and oxygen atoms in total. The number of carbonyl (C=O) groups is 3. The van der Waals surface area contributed by atoms with Crippen molar-refractivity contribution in [3.05, 3.63) is 12.2 Å². The van der Waals surface area contributed by atoms with Crippen LogP contribution in [0, 0.1) is 17.8 Å². The minimum absolute atomic E-state index is 0.214. The average Bonchev–Trinajstić information content (AvgIpc) is 2.82. The van der Waals surface area contributed by atoms with E-state index >= 15 is 0 Å². The molecule has 0 aliphatic carbocycles. The maximum absolute atomic E-state index is 11.9. The Morgan fingerprint density at radius 3 is 1.51 bits per heavy atom. The lowest BCUT2D eigenvalue weighted by Crippen LogP contribution is -2.59. The molecule has 0 aliphatic heterocycles. The second-order valence-electron chi connectivity index (χ2n) is 10.1. The fraction of sp³-hybridized carbons (Fsp3) is 0.821. The van der Waals surface area contributed by atoms with E-state index in [-0.39, 0.29) is 24.1 Å². The first-order chi connectivity index (χ1) is 16.7. The molecule has 0 radical (unpaired) electrons. The molecule has 3 unspecified atom stereocenters. The average molecular weight is 498 g/mol. The first-order valence-corrected chi connectivity index (χ1v) is 13.8. The molecule has 0 fully saturated rings. The van der Waals surface area contributed by atoms with E-state index in [1.54, 1.807) is 6.92 Å². The minimum atomic E-state index is -1.14. The van der Waals surface area contributed by atoms with Gasteiger partial charge in [-0.15, -0.1) is 0 Å². The summed E-state index contributed by atoms with van der Waals surface area (Å²) in [4.78, 5) is 35.6. The Bertz CT molecular complexity index is 573. The molecule has 0 spiro atoms. The lowest BCUT2D eigenvalue weighted by molar-refractivity contribution is -0.935. The molecule has 0 aromatic rings. The number of nitrogens with zero attached hydrogens (tertiary/aromatic N) is 1. The van der Waals surface area contributed by atoms with Gasteiger partial charge in [0, 0.05) is 5.92 Å². The van der Waals surface area contributed by atoms with Gasteiger partial charge in [0.25, 0.3) is 0 Å². The van der Waals surface area contributed by atoms with Crippen molar-refractivity contribution in [3.8, 4) is 0 Å². The van der Waals surface area contributed by atoms with Gasteiger partial charge in [0.1, 0.15) is 11.8 Å². The van der Waals surface area contributed by atoms with Crippen LogP contribution in [0.2, 0.25) is 0 Å². The summed E-state index contributed by atoms with van der Waals surface area (Å²) in [5, 5.41) is 31.3. The zero-order valence-corrected chi connectivity index (χ0v) is 22.7. The van der Waals surface area contributed by atoms with Gasteiger partial charge >= 0.3 is 11.9 Å². The van der Waals surface area contributed by atoms with Gasteiger partial charge in [-0.1, -0.05) is 65.5 Å². The van der Waals surface area contributed by atoms with Crippen LogP contribution in [0.5, 0.6) is 0 Å². The standard InChI is InChI=1S/C28H51NO6/c1-5-9-10-11-12-13-14-15-16-17-18-19-29(20-23(6-2)26(30)31,21-24(7-3)27(32)33)22-25(8-4)28(34)35/h9-10,23-25H,5-8,11-22H2,1-4H3,(H2-,30,31,32,33,34,35)/b10-9+. The predicted octanol–water partition coefficient (Wildman–Crippen LogP) is 4.89. The normalized spacial score (nSPS) is 16.0. The van der Waals surface area contributed by atoms with Crippen molar-refractivity contribution in [2.45, 2.75) is 105 Å². The zero-order chi connectivity index (χ0) is 26.7. The predicted molar refractivity (Wildman–Crippen MR) is 138 cm³/mol. The topological polar surface area (TPSA) is 115 Å². The Kier molecular flexibility index (Phi) is 18.3. The molecular formula is C28H51NO6. The number of carboxylic acid groups (broad SMARTS) is 3. The molecular weight excluding hydrogens is 446 g/mol. The van der Waals surface area contributed by atoms with Gasteiger partial charge < -0.3 is 24.6 Å². The number of hydrogen-bond acceptors (Lipinski definition) is 4. The number of aliphatic carboxylic acids is 3. The summed E-state index contributed by atoms with van der Waals surface area (Å²) in [6.07, 6.45) is 15.5. The Hall–Kier alpha value is -1.89. The summed E-state index contributed by atoms with van der Waals surface area (Å²) in [5.41, 5.74) is 0. The van der Waals surface area contributed by atoms with Crippen molar-refractivity contribution >= 4 is 17.9 Å². The largest absolute Gasteiger partial charge is 0.550 e. The summed E-state index contributed by atoms with van der Waals surface area (Å²) in [6, 6.07) is 0. The first kappa shape index (κ1) is 33.1. The fourth-order valence-electron chi connectivity index (χ4n) is 4.91. The Balaban J connectivity index is 5.33. The van der Waals surface area contributed by atoms with Crippen LogP contribution in [-0.4, -0.2) is 58.8 Å². The molecule has 35 heavy (non-hydrogen) atoms. The minimum Gasteiger partial charge on any atom is -0.550 e. The van der Waals surface area contributed by atoms with Crippen molar-refractivity contribution in [1.29, 1.82) is 0 Å². The second kappa shape index (κ2) is 19.3. The monoisotopic (exact) mass is 497 g/mol. The van der Waals surface area contributed by atoms with E-state index in [9.17, 15) is 29.7 Å². The summed E-state index contributed by atoms with van der Waals surface area (Å²) in [5.74, 6) is -4.96. The van der Waals surface area contributed by atoms with Crippen LogP contribution in [0.15, 0.2) is 12.2 Å². The van der Waals surface area contributed by atoms with Crippen LogP contribution in [0.25, 0.3) is 0 Å². The van der Waals surface area contributed by atoms with Crippen molar-refractivity contribution in [2.75, 3.05) is 26.2 Å². The second-order valence-corrected chi connectivity index (χ2v) is 10.1. The van der Waals surface area contributed by atoms with Crippen molar-refractivity contribution in [1.82, 2.24) is 0 Å². The quantitative estimate of drug-likeness (QED) is 0.118. The maximum Gasteiger partial charge on any atom is 0.312 e. The third kappa shape index (κ3) is 14.3. The third-order valence-electron chi connectivity index (χ3n) is 7.24. The van der Waals surface area contributed by atoms with Crippen LogP contribution in [-0.2, 0) is 14.4 Å². The molecule has 0 aliphatic rings.